The van der Waals surface area contributed by atoms with E-state index in [2.05, 4.69) is 42.8 Å². The molecule has 0 radical (unpaired) electrons. The topological polar surface area (TPSA) is 102 Å². The molecule has 0 saturated heterocycles. The summed E-state index contributed by atoms with van der Waals surface area (Å²) >= 11 is 7.45. The van der Waals surface area contributed by atoms with Crippen molar-refractivity contribution in [3.63, 3.8) is 0 Å². The molecular weight excluding hydrogens is 482 g/mol. The molecule has 0 aliphatic heterocycles. The van der Waals surface area contributed by atoms with Crippen molar-refractivity contribution in [1.29, 1.82) is 0 Å². The molecule has 0 spiro atoms. The number of tetrazole rings is 1. The number of H-pyrrole nitrogens is 1. The molecule has 8 nitrogen and oxygen atoms in total. The largest absolute Gasteiger partial charge is 0.279 e. The van der Waals surface area contributed by atoms with Gasteiger partial charge in [0.1, 0.15) is 5.01 Å². The molecule has 3 aromatic carbocycles. The first-order valence-corrected chi connectivity index (χ1v) is 12.1. The van der Waals surface area contributed by atoms with E-state index < -0.39 is 0 Å². The maximum atomic E-state index is 12.7. The van der Waals surface area contributed by atoms with Crippen LogP contribution in [-0.4, -0.2) is 36.3 Å². The van der Waals surface area contributed by atoms with Crippen LogP contribution >= 0.6 is 22.9 Å². The summed E-state index contributed by atoms with van der Waals surface area (Å²) in [6, 6.07) is 22.9. The van der Waals surface area contributed by atoms with Crippen LogP contribution in [0, 0.1) is 0 Å². The van der Waals surface area contributed by atoms with Crippen LogP contribution in [0.1, 0.15) is 27.9 Å². The number of benzene rings is 3. The second-order valence-corrected chi connectivity index (χ2v) is 9.19. The number of carbonyl (C=O) groups excluding carboxylic acids is 1. The molecule has 0 aliphatic carbocycles. The highest BCUT2D eigenvalue weighted by Gasteiger charge is 2.12. The predicted molar refractivity (Wildman–Crippen MR) is 135 cm³/mol. The normalized spacial score (nSPS) is 11.7. The fraction of sp³-hybridized carbons (Fsp3) is 0.120. The zero-order valence-electron chi connectivity index (χ0n) is 18.7. The molecule has 10 heteroatoms. The lowest BCUT2D eigenvalue weighted by Crippen LogP contribution is -2.19. The highest BCUT2D eigenvalue weighted by Crippen LogP contribution is 2.29. The van der Waals surface area contributed by atoms with Gasteiger partial charge < -0.3 is 0 Å². The third kappa shape index (κ3) is 5.11. The minimum absolute atomic E-state index is 0.346. The lowest BCUT2D eigenvalue weighted by Gasteiger charge is -2.08. The Labute approximate surface area is 210 Å². The first-order chi connectivity index (χ1) is 17.1. The van der Waals surface area contributed by atoms with Gasteiger partial charge in [-0.3, -0.25) is 4.79 Å². The van der Waals surface area contributed by atoms with E-state index in [1.807, 2.05) is 43.3 Å². The van der Waals surface area contributed by atoms with Gasteiger partial charge in [0.15, 0.2) is 5.82 Å². The highest BCUT2D eigenvalue weighted by molar-refractivity contribution is 7.08. The number of amides is 1. The average molecular weight is 502 g/mol. The minimum Gasteiger partial charge on any atom is -0.267 e. The smallest absolute Gasteiger partial charge is 0.267 e. The molecule has 35 heavy (non-hydrogen) atoms. The Bertz CT molecular complexity index is 1540. The van der Waals surface area contributed by atoms with Crippen molar-refractivity contribution in [1.82, 2.24) is 30.4 Å². The van der Waals surface area contributed by atoms with Crippen LogP contribution in [0.5, 0.6) is 0 Å². The summed E-state index contributed by atoms with van der Waals surface area (Å²) in [4.78, 5) is 17.6. The van der Waals surface area contributed by atoms with Crippen molar-refractivity contribution in [2.24, 2.45) is 4.99 Å². The van der Waals surface area contributed by atoms with Crippen LogP contribution in [0.4, 0.5) is 0 Å². The van der Waals surface area contributed by atoms with Gasteiger partial charge in [0.05, 0.1) is 6.54 Å². The molecule has 0 unspecified atom stereocenters. The first kappa shape index (κ1) is 22.8. The average Bonchev–Trinajstić information content (AvgIpc) is 3.55. The summed E-state index contributed by atoms with van der Waals surface area (Å²) in [5.41, 5.74) is 4.47. The number of aromatic amines is 1. The van der Waals surface area contributed by atoms with E-state index in [0.29, 0.717) is 27.8 Å². The Morgan fingerprint density at radius 2 is 1.86 bits per heavy atom. The summed E-state index contributed by atoms with van der Waals surface area (Å²) in [6.45, 7) is 2.52. The number of hydrogen-bond acceptors (Lipinski definition) is 6. The van der Waals surface area contributed by atoms with E-state index in [4.69, 9.17) is 11.6 Å². The molecule has 5 aromatic rings. The molecule has 0 atom stereocenters. The number of carbonyl (C=O) groups is 1. The molecule has 0 fully saturated rings. The van der Waals surface area contributed by atoms with Crippen molar-refractivity contribution >= 4 is 28.8 Å². The quantitative estimate of drug-likeness (QED) is 0.360. The van der Waals surface area contributed by atoms with Gasteiger partial charge in [-0.2, -0.15) is 10.1 Å². The van der Waals surface area contributed by atoms with Gasteiger partial charge >= 0.3 is 0 Å². The lowest BCUT2D eigenvalue weighted by atomic mass is 9.98. The molecule has 0 saturated carbocycles. The van der Waals surface area contributed by atoms with Crippen molar-refractivity contribution in [3.8, 4) is 22.5 Å². The van der Waals surface area contributed by atoms with Crippen molar-refractivity contribution < 1.29 is 4.79 Å². The Morgan fingerprint density at radius 1 is 1.06 bits per heavy atom. The predicted octanol–water partition coefficient (Wildman–Crippen LogP) is 4.80. The van der Waals surface area contributed by atoms with E-state index >= 15 is 0 Å². The van der Waals surface area contributed by atoms with Crippen LogP contribution in [0.25, 0.3) is 22.5 Å². The highest BCUT2D eigenvalue weighted by atomic mass is 35.5. The van der Waals surface area contributed by atoms with E-state index in [9.17, 15) is 4.79 Å². The molecule has 0 bridgehead atoms. The van der Waals surface area contributed by atoms with E-state index in [0.717, 1.165) is 33.7 Å². The van der Waals surface area contributed by atoms with Gasteiger partial charge in [0.25, 0.3) is 5.91 Å². The summed E-state index contributed by atoms with van der Waals surface area (Å²) in [5.74, 6) is 0.270. The number of rotatable bonds is 6. The van der Waals surface area contributed by atoms with Crippen LogP contribution < -0.4 is 4.80 Å². The zero-order chi connectivity index (χ0) is 24.2. The van der Waals surface area contributed by atoms with Crippen LogP contribution in [0.3, 0.4) is 0 Å². The Morgan fingerprint density at radius 3 is 2.57 bits per heavy atom. The lowest BCUT2D eigenvalue weighted by molar-refractivity contribution is 0.0997. The second-order valence-electron chi connectivity index (χ2n) is 7.71. The third-order valence-electron chi connectivity index (χ3n) is 5.36. The van der Waals surface area contributed by atoms with E-state index in [1.54, 1.807) is 28.9 Å². The molecule has 5 rings (SSSR count). The molecule has 174 valence electrons. The minimum atomic E-state index is -0.346. The zero-order valence-corrected chi connectivity index (χ0v) is 20.3. The Kier molecular flexibility index (Phi) is 6.60. The van der Waals surface area contributed by atoms with Gasteiger partial charge in [0, 0.05) is 16.1 Å². The van der Waals surface area contributed by atoms with Crippen molar-refractivity contribution in [2.75, 3.05) is 0 Å². The molecule has 0 aliphatic rings. The number of halogens is 1. The van der Waals surface area contributed by atoms with Gasteiger partial charge in [-0.1, -0.05) is 84.5 Å². The van der Waals surface area contributed by atoms with E-state index in [1.165, 1.54) is 11.3 Å². The summed E-state index contributed by atoms with van der Waals surface area (Å²) in [6.07, 6.45) is 0.762. The molecular formula is C25H20ClN7OS. The van der Waals surface area contributed by atoms with Crippen molar-refractivity contribution in [2.45, 2.75) is 19.9 Å². The maximum absolute atomic E-state index is 12.7. The summed E-state index contributed by atoms with van der Waals surface area (Å²) < 4.78 is 1.77. The first-order valence-electron chi connectivity index (χ1n) is 10.9. The standard InChI is InChI=1S/C25H20ClN7OS/c1-2-22-30-33(25(35-22)27-24(34)18-6-5-7-19(26)14-18)15-16-10-12-17(13-11-16)20-8-3-4-9-21(20)23-28-31-32-29-23/h3-14H,2,15H2,1H3,(H,28,29,31,32). The fourth-order valence-electron chi connectivity index (χ4n) is 3.63. The van der Waals surface area contributed by atoms with Crippen LogP contribution in [0.15, 0.2) is 77.8 Å². The number of aromatic nitrogens is 6. The third-order valence-corrected chi connectivity index (χ3v) is 6.68. The van der Waals surface area contributed by atoms with Gasteiger partial charge in [-0.25, -0.2) is 9.78 Å². The Hall–Kier alpha value is -3.95. The SMILES string of the molecule is CCc1nn(Cc2ccc(-c3ccccc3-c3nnn[nH]3)cc2)c(=NC(=O)c2cccc(Cl)c2)s1. The van der Waals surface area contributed by atoms with Gasteiger partial charge in [0.2, 0.25) is 4.80 Å². The maximum Gasteiger partial charge on any atom is 0.279 e. The van der Waals surface area contributed by atoms with Gasteiger partial charge in [-0.05, 0) is 51.7 Å². The number of nitrogens with one attached hydrogen (secondary N) is 1. The summed E-state index contributed by atoms with van der Waals surface area (Å²) in [5, 5.41) is 20.3. The fourth-order valence-corrected chi connectivity index (χ4v) is 4.66. The number of nitrogens with zero attached hydrogens (tertiary/aromatic N) is 6. The van der Waals surface area contributed by atoms with Crippen molar-refractivity contribution in [3.05, 3.63) is 98.8 Å². The van der Waals surface area contributed by atoms with Crippen LogP contribution in [0.2, 0.25) is 5.02 Å². The number of aryl methyl sites for hydroxylation is 1. The molecule has 2 heterocycles. The van der Waals surface area contributed by atoms with E-state index in [-0.39, 0.29) is 5.91 Å². The molecule has 1 N–H and O–H groups in total. The molecule has 2 aromatic heterocycles. The Balaban J connectivity index is 1.43. The summed E-state index contributed by atoms with van der Waals surface area (Å²) in [7, 11) is 0. The number of hydrogen-bond donors (Lipinski definition) is 1. The van der Waals surface area contributed by atoms with Gasteiger partial charge in [-0.15, -0.1) is 5.10 Å². The molecule has 1 amide bonds. The second kappa shape index (κ2) is 10.1. The van der Waals surface area contributed by atoms with Crippen LogP contribution in [-0.2, 0) is 13.0 Å². The monoisotopic (exact) mass is 501 g/mol.